The molecule has 0 aliphatic carbocycles. The van der Waals surface area contributed by atoms with Gasteiger partial charge in [-0.25, -0.2) is 9.07 Å². The third-order valence-electron chi connectivity index (χ3n) is 2.55. The summed E-state index contributed by atoms with van der Waals surface area (Å²) in [6.45, 7) is 1.54. The maximum absolute atomic E-state index is 13.1. The molecule has 1 atom stereocenters. The van der Waals surface area contributed by atoms with Crippen LogP contribution in [0.3, 0.4) is 0 Å². The Hall–Kier alpha value is -2.21. The Kier molecular flexibility index (Phi) is 3.91. The molecule has 1 unspecified atom stereocenters. The molecule has 1 amide bonds. The zero-order valence-corrected chi connectivity index (χ0v) is 10.4. The molecule has 19 heavy (non-hydrogen) atoms. The van der Waals surface area contributed by atoms with Crippen LogP contribution < -0.4 is 5.32 Å². The van der Waals surface area contributed by atoms with Gasteiger partial charge in [-0.05, 0) is 31.2 Å². The van der Waals surface area contributed by atoms with Crippen molar-refractivity contribution in [2.75, 3.05) is 6.61 Å². The van der Waals surface area contributed by atoms with Gasteiger partial charge in [0, 0.05) is 12.2 Å². The monoisotopic (exact) mass is 263 g/mol. The van der Waals surface area contributed by atoms with Crippen LogP contribution in [0.1, 0.15) is 17.4 Å². The van der Waals surface area contributed by atoms with Crippen LogP contribution in [-0.2, 0) is 0 Å². The largest absolute Gasteiger partial charge is 0.394 e. The molecule has 2 aromatic rings. The molecule has 0 bridgehead atoms. The first kappa shape index (κ1) is 13.2. The van der Waals surface area contributed by atoms with Crippen molar-refractivity contribution in [3.63, 3.8) is 0 Å². The molecule has 100 valence electrons. The van der Waals surface area contributed by atoms with Crippen molar-refractivity contribution >= 4 is 5.91 Å². The zero-order chi connectivity index (χ0) is 13.8. The van der Waals surface area contributed by atoms with Gasteiger partial charge in [-0.3, -0.25) is 4.79 Å². The van der Waals surface area contributed by atoms with E-state index in [1.54, 1.807) is 25.3 Å². The third-order valence-corrected chi connectivity index (χ3v) is 2.55. The number of carbonyl (C=O) groups is 1. The smallest absolute Gasteiger partial charge is 0.272 e. The van der Waals surface area contributed by atoms with Crippen LogP contribution in [0.15, 0.2) is 36.5 Å². The number of aromatic nitrogens is 2. The summed E-state index contributed by atoms with van der Waals surface area (Å²) in [6.07, 6.45) is 1.58. The van der Waals surface area contributed by atoms with Crippen LogP contribution in [0.25, 0.3) is 5.69 Å². The number of carbonyl (C=O) groups excluding carboxylic acids is 1. The van der Waals surface area contributed by atoms with Crippen LogP contribution in [0.4, 0.5) is 4.39 Å². The summed E-state index contributed by atoms with van der Waals surface area (Å²) in [5.41, 5.74) is 0.749. The number of aliphatic hydroxyl groups excluding tert-OH is 1. The predicted octanol–water partition coefficient (Wildman–Crippen LogP) is 1.12. The lowest BCUT2D eigenvalue weighted by Gasteiger charge is -2.08. The standard InChI is InChI=1S/C13H14FN3O2/c1-9(8-18)15-13(19)12-5-6-17(16-12)11-4-2-3-10(14)7-11/h2-7,9,18H,8H2,1H3,(H,15,19). The highest BCUT2D eigenvalue weighted by Crippen LogP contribution is 2.09. The van der Waals surface area contributed by atoms with Gasteiger partial charge >= 0.3 is 0 Å². The van der Waals surface area contributed by atoms with Gasteiger partial charge in [0.05, 0.1) is 12.3 Å². The average Bonchev–Trinajstić information content (AvgIpc) is 2.88. The number of nitrogens with zero attached hydrogens (tertiary/aromatic N) is 2. The van der Waals surface area contributed by atoms with E-state index >= 15 is 0 Å². The highest BCUT2D eigenvalue weighted by Gasteiger charge is 2.12. The minimum atomic E-state index is -0.378. The van der Waals surface area contributed by atoms with Gasteiger partial charge in [-0.1, -0.05) is 6.07 Å². The molecule has 1 aromatic heterocycles. The zero-order valence-electron chi connectivity index (χ0n) is 10.4. The second-order valence-corrected chi connectivity index (χ2v) is 4.18. The maximum Gasteiger partial charge on any atom is 0.272 e. The first-order chi connectivity index (χ1) is 9.10. The van der Waals surface area contributed by atoms with Crippen molar-refractivity contribution in [1.82, 2.24) is 15.1 Å². The molecule has 0 aliphatic rings. The average molecular weight is 263 g/mol. The van der Waals surface area contributed by atoms with E-state index in [1.807, 2.05) is 0 Å². The van der Waals surface area contributed by atoms with Crippen molar-refractivity contribution < 1.29 is 14.3 Å². The minimum absolute atomic E-state index is 0.143. The quantitative estimate of drug-likeness (QED) is 0.868. The number of aliphatic hydroxyl groups is 1. The molecule has 0 radical (unpaired) electrons. The molecular formula is C13H14FN3O2. The maximum atomic E-state index is 13.1. The summed E-state index contributed by atoms with van der Waals surface area (Å²) < 4.78 is 14.5. The fourth-order valence-electron chi connectivity index (χ4n) is 1.55. The SMILES string of the molecule is CC(CO)NC(=O)c1ccn(-c2cccc(F)c2)n1. The van der Waals surface area contributed by atoms with Gasteiger partial charge in [-0.2, -0.15) is 5.10 Å². The molecule has 5 nitrogen and oxygen atoms in total. The number of rotatable bonds is 4. The molecule has 2 rings (SSSR count). The number of hydrogen-bond acceptors (Lipinski definition) is 3. The first-order valence-electron chi connectivity index (χ1n) is 5.83. The second kappa shape index (κ2) is 5.62. The first-order valence-corrected chi connectivity index (χ1v) is 5.83. The summed E-state index contributed by atoms with van der Waals surface area (Å²) >= 11 is 0. The Morgan fingerprint density at radius 2 is 2.32 bits per heavy atom. The molecule has 0 saturated heterocycles. The molecule has 6 heteroatoms. The molecule has 0 aliphatic heterocycles. The molecule has 1 heterocycles. The highest BCUT2D eigenvalue weighted by molar-refractivity contribution is 5.92. The normalized spacial score (nSPS) is 12.2. The van der Waals surface area contributed by atoms with E-state index in [0.717, 1.165) is 0 Å². The van der Waals surface area contributed by atoms with Gasteiger partial charge in [0.1, 0.15) is 5.82 Å². The fraction of sp³-hybridized carbons (Fsp3) is 0.231. The van der Waals surface area contributed by atoms with E-state index in [-0.39, 0.29) is 30.1 Å². The van der Waals surface area contributed by atoms with Crippen molar-refractivity contribution in [2.45, 2.75) is 13.0 Å². The molecule has 0 spiro atoms. The van der Waals surface area contributed by atoms with Crippen molar-refractivity contribution in [3.05, 3.63) is 48.0 Å². The fourth-order valence-corrected chi connectivity index (χ4v) is 1.55. The Morgan fingerprint density at radius 3 is 3.00 bits per heavy atom. The molecular weight excluding hydrogens is 249 g/mol. The Bertz CT molecular complexity index is 583. The van der Waals surface area contributed by atoms with Crippen molar-refractivity contribution in [2.24, 2.45) is 0 Å². The van der Waals surface area contributed by atoms with Crippen LogP contribution in [-0.4, -0.2) is 33.4 Å². The number of benzene rings is 1. The Labute approximate surface area is 109 Å². The van der Waals surface area contributed by atoms with Gasteiger partial charge in [0.15, 0.2) is 5.69 Å². The predicted molar refractivity (Wildman–Crippen MR) is 67.5 cm³/mol. The lowest BCUT2D eigenvalue weighted by molar-refractivity contribution is 0.0917. The number of amides is 1. The van der Waals surface area contributed by atoms with E-state index < -0.39 is 0 Å². The lowest BCUT2D eigenvalue weighted by atomic mass is 10.3. The second-order valence-electron chi connectivity index (χ2n) is 4.18. The summed E-state index contributed by atoms with van der Waals surface area (Å²) in [6, 6.07) is 7.11. The van der Waals surface area contributed by atoms with Crippen LogP contribution in [0.2, 0.25) is 0 Å². The molecule has 0 fully saturated rings. The molecule has 2 N–H and O–H groups in total. The Balaban J connectivity index is 2.17. The summed E-state index contributed by atoms with van der Waals surface area (Å²) in [5, 5.41) is 15.5. The Morgan fingerprint density at radius 1 is 1.53 bits per heavy atom. The highest BCUT2D eigenvalue weighted by atomic mass is 19.1. The van der Waals surface area contributed by atoms with Crippen LogP contribution >= 0.6 is 0 Å². The third kappa shape index (κ3) is 3.17. The molecule has 1 aromatic carbocycles. The number of hydrogen-bond donors (Lipinski definition) is 2. The van der Waals surface area contributed by atoms with Crippen molar-refractivity contribution in [1.29, 1.82) is 0 Å². The van der Waals surface area contributed by atoms with Crippen molar-refractivity contribution in [3.8, 4) is 5.69 Å². The summed E-state index contributed by atoms with van der Waals surface area (Å²) in [5.74, 6) is -0.746. The van der Waals surface area contributed by atoms with Gasteiger partial charge < -0.3 is 10.4 Å². The number of halogens is 1. The van der Waals surface area contributed by atoms with Gasteiger partial charge in [0.25, 0.3) is 5.91 Å². The summed E-state index contributed by atoms with van der Waals surface area (Å²) in [7, 11) is 0. The van der Waals surface area contributed by atoms with E-state index in [2.05, 4.69) is 10.4 Å². The van der Waals surface area contributed by atoms with E-state index in [0.29, 0.717) is 5.69 Å². The van der Waals surface area contributed by atoms with Gasteiger partial charge in [-0.15, -0.1) is 0 Å². The van der Waals surface area contributed by atoms with Crippen LogP contribution in [0, 0.1) is 5.82 Å². The molecule has 0 saturated carbocycles. The van der Waals surface area contributed by atoms with E-state index in [9.17, 15) is 9.18 Å². The summed E-state index contributed by atoms with van der Waals surface area (Å²) in [4.78, 5) is 11.8. The van der Waals surface area contributed by atoms with Gasteiger partial charge in [0.2, 0.25) is 0 Å². The number of nitrogens with one attached hydrogen (secondary N) is 1. The minimum Gasteiger partial charge on any atom is -0.394 e. The van der Waals surface area contributed by atoms with E-state index in [1.165, 1.54) is 22.9 Å². The lowest BCUT2D eigenvalue weighted by Crippen LogP contribution is -2.35. The topological polar surface area (TPSA) is 67.2 Å². The van der Waals surface area contributed by atoms with E-state index in [4.69, 9.17) is 5.11 Å². The van der Waals surface area contributed by atoms with Crippen LogP contribution in [0.5, 0.6) is 0 Å².